The number of aromatic nitrogens is 2. The highest BCUT2D eigenvalue weighted by atomic mass is 16.5. The second-order valence-corrected chi connectivity index (χ2v) is 7.49. The zero-order valence-electron chi connectivity index (χ0n) is 17.0. The van der Waals surface area contributed by atoms with Gasteiger partial charge in [0.1, 0.15) is 18.2 Å². The summed E-state index contributed by atoms with van der Waals surface area (Å²) in [5, 5.41) is 0. The molecule has 3 aromatic rings. The number of unbranched alkanes of at least 4 members (excludes halogenated alkanes) is 5. The number of rotatable bonds is 10. The van der Waals surface area contributed by atoms with E-state index in [-0.39, 0.29) is 0 Å². The van der Waals surface area contributed by atoms with Crippen LogP contribution >= 0.6 is 0 Å². The van der Waals surface area contributed by atoms with E-state index in [1.807, 2.05) is 0 Å². The van der Waals surface area contributed by atoms with Crippen LogP contribution < -0.4 is 4.74 Å². The molecule has 0 fully saturated rings. The molecule has 0 amide bonds. The van der Waals surface area contributed by atoms with Crippen molar-refractivity contribution in [1.29, 1.82) is 0 Å². The van der Waals surface area contributed by atoms with Crippen molar-refractivity contribution in [3.63, 3.8) is 0 Å². The first kappa shape index (κ1) is 19.5. The van der Waals surface area contributed by atoms with Gasteiger partial charge in [0.25, 0.3) is 0 Å². The summed E-state index contributed by atoms with van der Waals surface area (Å²) in [6.45, 7) is 7.97. The molecule has 1 heterocycles. The van der Waals surface area contributed by atoms with Crippen molar-refractivity contribution in [2.75, 3.05) is 0 Å². The number of nitrogens with zero attached hydrogens (tertiary/aromatic N) is 2. The lowest BCUT2D eigenvalue weighted by Crippen LogP contribution is -2.08. The van der Waals surface area contributed by atoms with Crippen LogP contribution in [-0.2, 0) is 13.2 Å². The minimum atomic E-state index is 0.509. The van der Waals surface area contributed by atoms with E-state index in [1.54, 1.807) is 0 Å². The summed E-state index contributed by atoms with van der Waals surface area (Å²) in [6, 6.07) is 14.8. The van der Waals surface area contributed by atoms with Crippen molar-refractivity contribution in [3.05, 3.63) is 59.4 Å². The summed E-state index contributed by atoms with van der Waals surface area (Å²) >= 11 is 0. The predicted molar refractivity (Wildman–Crippen MR) is 113 cm³/mol. The Morgan fingerprint density at radius 1 is 0.926 bits per heavy atom. The number of benzene rings is 2. The van der Waals surface area contributed by atoms with Gasteiger partial charge in [-0.25, -0.2) is 4.98 Å². The number of aryl methyl sites for hydroxylation is 3. The Morgan fingerprint density at radius 2 is 1.70 bits per heavy atom. The summed E-state index contributed by atoms with van der Waals surface area (Å²) in [7, 11) is 0. The lowest BCUT2D eigenvalue weighted by molar-refractivity contribution is 0.287. The predicted octanol–water partition coefficient (Wildman–Crippen LogP) is 6.59. The molecule has 0 spiro atoms. The summed E-state index contributed by atoms with van der Waals surface area (Å²) in [5.41, 5.74) is 4.66. The van der Waals surface area contributed by atoms with Crippen molar-refractivity contribution in [3.8, 4) is 5.75 Å². The van der Waals surface area contributed by atoms with E-state index in [4.69, 9.17) is 9.72 Å². The van der Waals surface area contributed by atoms with Gasteiger partial charge in [0, 0.05) is 6.54 Å². The Labute approximate surface area is 163 Å². The second kappa shape index (κ2) is 9.59. The molecule has 0 N–H and O–H groups in total. The summed E-state index contributed by atoms with van der Waals surface area (Å²) in [5.74, 6) is 1.97. The third-order valence-electron chi connectivity index (χ3n) is 5.17. The standard InChI is InChI=1S/C24H32N2O/c1-4-5-6-7-8-11-16-26-22-13-10-9-12-21(22)25-24(26)18-27-23-17-19(2)14-15-20(23)3/h9-10,12-15,17H,4-8,11,16,18H2,1-3H3. The highest BCUT2D eigenvalue weighted by Gasteiger charge is 2.11. The normalized spacial score (nSPS) is 11.2. The molecular formula is C24H32N2O. The van der Waals surface area contributed by atoms with Crippen LogP contribution in [0.1, 0.15) is 62.4 Å². The average Bonchev–Trinajstić information content (AvgIpc) is 3.03. The Balaban J connectivity index is 1.71. The van der Waals surface area contributed by atoms with Crippen LogP contribution in [0.2, 0.25) is 0 Å². The van der Waals surface area contributed by atoms with Gasteiger partial charge in [-0.3, -0.25) is 0 Å². The van der Waals surface area contributed by atoms with Crippen LogP contribution in [0, 0.1) is 13.8 Å². The molecule has 0 unspecified atom stereocenters. The lowest BCUT2D eigenvalue weighted by Gasteiger charge is -2.12. The Kier molecular flexibility index (Phi) is 6.92. The van der Waals surface area contributed by atoms with E-state index in [0.29, 0.717) is 6.61 Å². The highest BCUT2D eigenvalue weighted by molar-refractivity contribution is 5.75. The Morgan fingerprint density at radius 3 is 2.56 bits per heavy atom. The molecule has 2 aromatic carbocycles. The van der Waals surface area contributed by atoms with E-state index in [1.165, 1.54) is 55.2 Å². The van der Waals surface area contributed by atoms with Crippen molar-refractivity contribution in [2.24, 2.45) is 0 Å². The topological polar surface area (TPSA) is 27.1 Å². The molecule has 0 saturated carbocycles. The van der Waals surface area contributed by atoms with Gasteiger partial charge in [0.15, 0.2) is 0 Å². The van der Waals surface area contributed by atoms with Gasteiger partial charge in [-0.2, -0.15) is 0 Å². The molecule has 0 aliphatic carbocycles. The minimum absolute atomic E-state index is 0.509. The summed E-state index contributed by atoms with van der Waals surface area (Å²) in [4.78, 5) is 4.85. The van der Waals surface area contributed by atoms with Crippen LogP contribution in [-0.4, -0.2) is 9.55 Å². The maximum atomic E-state index is 6.15. The fourth-order valence-corrected chi connectivity index (χ4v) is 3.54. The van der Waals surface area contributed by atoms with Gasteiger partial charge >= 0.3 is 0 Å². The van der Waals surface area contributed by atoms with Crippen LogP contribution in [0.25, 0.3) is 11.0 Å². The number of imidazole rings is 1. The smallest absolute Gasteiger partial charge is 0.147 e. The maximum absolute atomic E-state index is 6.15. The number of hydrogen-bond donors (Lipinski definition) is 0. The molecule has 27 heavy (non-hydrogen) atoms. The highest BCUT2D eigenvalue weighted by Crippen LogP contribution is 2.22. The third kappa shape index (κ3) is 5.12. The first-order chi connectivity index (χ1) is 13.2. The molecule has 3 heteroatoms. The molecule has 144 valence electrons. The van der Waals surface area contributed by atoms with Crippen LogP contribution in [0.4, 0.5) is 0 Å². The monoisotopic (exact) mass is 364 g/mol. The van der Waals surface area contributed by atoms with Gasteiger partial charge in [-0.15, -0.1) is 0 Å². The van der Waals surface area contributed by atoms with E-state index < -0.39 is 0 Å². The van der Waals surface area contributed by atoms with Gasteiger partial charge < -0.3 is 9.30 Å². The van der Waals surface area contributed by atoms with Crippen LogP contribution in [0.5, 0.6) is 5.75 Å². The van der Waals surface area contributed by atoms with Gasteiger partial charge in [0.05, 0.1) is 11.0 Å². The largest absolute Gasteiger partial charge is 0.485 e. The number of para-hydroxylation sites is 2. The van der Waals surface area contributed by atoms with E-state index in [2.05, 4.69) is 67.8 Å². The molecule has 3 nitrogen and oxygen atoms in total. The maximum Gasteiger partial charge on any atom is 0.147 e. The first-order valence-electron chi connectivity index (χ1n) is 10.3. The van der Waals surface area contributed by atoms with Crippen molar-refractivity contribution in [2.45, 2.75) is 72.4 Å². The molecule has 0 radical (unpaired) electrons. The molecule has 0 aliphatic heterocycles. The van der Waals surface area contributed by atoms with Gasteiger partial charge in [-0.05, 0) is 49.6 Å². The molecule has 3 rings (SSSR count). The molecule has 1 aromatic heterocycles. The fraction of sp³-hybridized carbons (Fsp3) is 0.458. The van der Waals surface area contributed by atoms with E-state index in [0.717, 1.165) is 23.6 Å². The van der Waals surface area contributed by atoms with Crippen molar-refractivity contribution < 1.29 is 4.74 Å². The minimum Gasteiger partial charge on any atom is -0.485 e. The van der Waals surface area contributed by atoms with Crippen molar-refractivity contribution >= 4 is 11.0 Å². The molecule has 0 aliphatic rings. The van der Waals surface area contributed by atoms with Crippen LogP contribution in [0.3, 0.4) is 0 Å². The van der Waals surface area contributed by atoms with Gasteiger partial charge in [0.2, 0.25) is 0 Å². The molecule has 0 saturated heterocycles. The summed E-state index contributed by atoms with van der Waals surface area (Å²) < 4.78 is 8.50. The zero-order valence-corrected chi connectivity index (χ0v) is 17.0. The van der Waals surface area contributed by atoms with Gasteiger partial charge in [-0.1, -0.05) is 63.3 Å². The summed E-state index contributed by atoms with van der Waals surface area (Å²) in [6.07, 6.45) is 7.80. The average molecular weight is 365 g/mol. The number of fused-ring (bicyclic) bond motifs is 1. The SMILES string of the molecule is CCCCCCCCn1c(COc2cc(C)ccc2C)nc2ccccc21. The Hall–Kier alpha value is -2.29. The third-order valence-corrected chi connectivity index (χ3v) is 5.17. The molecular weight excluding hydrogens is 332 g/mol. The van der Waals surface area contributed by atoms with E-state index in [9.17, 15) is 0 Å². The first-order valence-corrected chi connectivity index (χ1v) is 10.3. The van der Waals surface area contributed by atoms with E-state index >= 15 is 0 Å². The zero-order chi connectivity index (χ0) is 19.1. The Bertz CT molecular complexity index is 866. The molecule has 0 bridgehead atoms. The van der Waals surface area contributed by atoms with Crippen molar-refractivity contribution in [1.82, 2.24) is 9.55 Å². The number of hydrogen-bond acceptors (Lipinski definition) is 2. The number of ether oxygens (including phenoxy) is 1. The lowest BCUT2D eigenvalue weighted by atomic mass is 10.1. The van der Waals surface area contributed by atoms with Crippen LogP contribution in [0.15, 0.2) is 42.5 Å². The fourth-order valence-electron chi connectivity index (χ4n) is 3.54. The quantitative estimate of drug-likeness (QED) is 0.379. The molecule has 0 atom stereocenters. The second-order valence-electron chi connectivity index (χ2n) is 7.49.